The summed E-state index contributed by atoms with van der Waals surface area (Å²) in [5.74, 6) is -0.127. The first kappa shape index (κ1) is 18.6. The van der Waals surface area contributed by atoms with Crippen molar-refractivity contribution in [3.63, 3.8) is 0 Å². The van der Waals surface area contributed by atoms with Crippen molar-refractivity contribution in [2.24, 2.45) is 0 Å². The van der Waals surface area contributed by atoms with Gasteiger partial charge in [0.1, 0.15) is 6.04 Å². The molecular weight excluding hydrogens is 378 g/mol. The minimum atomic E-state index is -0.501. The maximum Gasteiger partial charge on any atom is 0.275 e. The second kappa shape index (κ2) is 8.07. The molecule has 3 aromatic rings. The highest BCUT2D eigenvalue weighted by Crippen LogP contribution is 2.25. The van der Waals surface area contributed by atoms with E-state index >= 15 is 0 Å². The van der Waals surface area contributed by atoms with Crippen molar-refractivity contribution in [1.29, 1.82) is 0 Å². The predicted molar refractivity (Wildman–Crippen MR) is 107 cm³/mol. The zero-order valence-electron chi connectivity index (χ0n) is 15.5. The highest BCUT2D eigenvalue weighted by Gasteiger charge is 2.32. The topological polar surface area (TPSA) is 88.8 Å². The Kier molecular flexibility index (Phi) is 5.36. The maximum atomic E-state index is 12.8. The molecule has 1 saturated heterocycles. The number of anilines is 1. The predicted octanol–water partition coefficient (Wildman–Crippen LogP) is 1.24. The van der Waals surface area contributed by atoms with Crippen LogP contribution in [0.1, 0.15) is 18.2 Å². The number of carbonyl (C=O) groups is 1. The smallest absolute Gasteiger partial charge is 0.275 e. The molecule has 1 N–H and O–H groups in total. The second-order valence-electron chi connectivity index (χ2n) is 6.51. The van der Waals surface area contributed by atoms with E-state index in [1.807, 2.05) is 42.2 Å². The van der Waals surface area contributed by atoms with Gasteiger partial charge in [-0.2, -0.15) is 4.52 Å². The van der Waals surface area contributed by atoms with E-state index in [9.17, 15) is 9.59 Å². The molecular formula is C19H21N5O3S. The molecule has 1 aliphatic heterocycles. The number of nitrogens with one attached hydrogen (secondary N) is 1. The molecule has 0 aliphatic carbocycles. The van der Waals surface area contributed by atoms with Crippen molar-refractivity contribution in [2.45, 2.75) is 25.9 Å². The number of benzene rings is 1. The number of hydrogen-bond acceptors (Lipinski definition) is 7. The molecule has 1 aliphatic rings. The van der Waals surface area contributed by atoms with Crippen molar-refractivity contribution in [3.8, 4) is 0 Å². The summed E-state index contributed by atoms with van der Waals surface area (Å²) >= 11 is 1.31. The molecule has 0 spiro atoms. The molecule has 3 heterocycles. The van der Waals surface area contributed by atoms with Gasteiger partial charge in [0.15, 0.2) is 0 Å². The third kappa shape index (κ3) is 3.76. The molecule has 1 fully saturated rings. The third-order valence-electron chi connectivity index (χ3n) is 4.64. The number of rotatable bonds is 5. The average Bonchev–Trinajstić information content (AvgIpc) is 3.17. The lowest BCUT2D eigenvalue weighted by Crippen LogP contribution is -2.54. The number of nitrogens with zero attached hydrogens (tertiary/aromatic N) is 4. The molecule has 1 unspecified atom stereocenters. The molecule has 8 nitrogen and oxygen atoms in total. The number of aryl methyl sites for hydroxylation is 1. The van der Waals surface area contributed by atoms with E-state index < -0.39 is 6.04 Å². The van der Waals surface area contributed by atoms with E-state index in [2.05, 4.69) is 15.4 Å². The highest BCUT2D eigenvalue weighted by atomic mass is 32.1. The van der Waals surface area contributed by atoms with Crippen LogP contribution in [0.3, 0.4) is 0 Å². The Balaban J connectivity index is 1.56. The lowest BCUT2D eigenvalue weighted by atomic mass is 10.2. The molecule has 9 heteroatoms. The van der Waals surface area contributed by atoms with Crippen LogP contribution in [-0.4, -0.2) is 46.3 Å². The Bertz CT molecular complexity index is 1030. The molecule has 0 radical (unpaired) electrons. The first-order valence-corrected chi connectivity index (χ1v) is 10.0. The highest BCUT2D eigenvalue weighted by molar-refractivity contribution is 7.20. The lowest BCUT2D eigenvalue weighted by Gasteiger charge is -2.33. The molecule has 1 atom stereocenters. The van der Waals surface area contributed by atoms with Gasteiger partial charge in [0.2, 0.25) is 16.0 Å². The van der Waals surface area contributed by atoms with Gasteiger partial charge in [-0.3, -0.25) is 9.59 Å². The van der Waals surface area contributed by atoms with E-state index in [0.717, 1.165) is 11.3 Å². The summed E-state index contributed by atoms with van der Waals surface area (Å²) in [6, 6.07) is 10.7. The number of carbonyl (C=O) groups excluding carboxylic acids is 1. The fraction of sp³-hybridized carbons (Fsp3) is 0.368. The quantitative estimate of drug-likeness (QED) is 0.694. The Morgan fingerprint density at radius 1 is 1.36 bits per heavy atom. The van der Waals surface area contributed by atoms with Crippen molar-refractivity contribution in [1.82, 2.24) is 19.9 Å². The molecule has 1 amide bonds. The minimum Gasteiger partial charge on any atom is -0.377 e. The summed E-state index contributed by atoms with van der Waals surface area (Å²) in [6.07, 6.45) is 0.682. The molecule has 0 saturated carbocycles. The monoisotopic (exact) mass is 399 g/mol. The summed E-state index contributed by atoms with van der Waals surface area (Å²) in [4.78, 5) is 32.0. The van der Waals surface area contributed by atoms with E-state index in [0.29, 0.717) is 36.2 Å². The Morgan fingerprint density at radius 2 is 2.18 bits per heavy atom. The summed E-state index contributed by atoms with van der Waals surface area (Å²) in [6.45, 7) is 3.71. The van der Waals surface area contributed by atoms with Gasteiger partial charge < -0.3 is 15.0 Å². The number of fused-ring (bicyclic) bond motifs is 1. The summed E-state index contributed by atoms with van der Waals surface area (Å²) in [5, 5.41) is 7.97. The van der Waals surface area contributed by atoms with Crippen LogP contribution in [0.25, 0.3) is 4.96 Å². The lowest BCUT2D eigenvalue weighted by molar-refractivity contribution is -0.124. The Morgan fingerprint density at radius 3 is 2.96 bits per heavy atom. The van der Waals surface area contributed by atoms with Crippen LogP contribution >= 0.6 is 11.3 Å². The average molecular weight is 399 g/mol. The standard InChI is InChI=1S/C19H21N5O3S/c1-2-14-10-16(25)24-18(21-14)28-19(22-24)23-8-9-27-12-15(23)17(26)20-11-13-6-4-3-5-7-13/h3-7,10,15H,2,8-9,11-12H2,1H3,(H,20,26). The van der Waals surface area contributed by atoms with E-state index in [4.69, 9.17) is 4.74 Å². The molecule has 4 rings (SSSR count). The van der Waals surface area contributed by atoms with Crippen molar-refractivity contribution < 1.29 is 9.53 Å². The van der Waals surface area contributed by atoms with Gasteiger partial charge in [0.05, 0.1) is 13.2 Å². The largest absolute Gasteiger partial charge is 0.377 e. The zero-order valence-corrected chi connectivity index (χ0v) is 16.3. The number of hydrogen-bond donors (Lipinski definition) is 1. The SMILES string of the molecule is CCc1cc(=O)n2nc(N3CCOCC3C(=O)NCc3ccccc3)sc2n1. The maximum absolute atomic E-state index is 12.8. The summed E-state index contributed by atoms with van der Waals surface area (Å²) in [7, 11) is 0. The summed E-state index contributed by atoms with van der Waals surface area (Å²) < 4.78 is 6.83. The Labute approximate surface area is 165 Å². The zero-order chi connectivity index (χ0) is 19.5. The summed E-state index contributed by atoms with van der Waals surface area (Å²) in [5.41, 5.74) is 1.56. The van der Waals surface area contributed by atoms with Crippen LogP contribution in [0.2, 0.25) is 0 Å². The Hall–Kier alpha value is -2.78. The van der Waals surface area contributed by atoms with Gasteiger partial charge >= 0.3 is 0 Å². The minimum absolute atomic E-state index is 0.127. The number of ether oxygens (including phenoxy) is 1. The van der Waals surface area contributed by atoms with Gasteiger partial charge in [0.25, 0.3) is 5.56 Å². The van der Waals surface area contributed by atoms with Crippen molar-refractivity contribution in [3.05, 3.63) is 58.0 Å². The fourth-order valence-electron chi connectivity index (χ4n) is 3.10. The molecule has 1 aromatic carbocycles. The van der Waals surface area contributed by atoms with Crippen molar-refractivity contribution >= 4 is 27.3 Å². The molecule has 0 bridgehead atoms. The van der Waals surface area contributed by atoms with Gasteiger partial charge in [-0.25, -0.2) is 4.98 Å². The van der Waals surface area contributed by atoms with E-state index in [1.54, 1.807) is 0 Å². The van der Waals surface area contributed by atoms with E-state index in [1.165, 1.54) is 21.9 Å². The van der Waals surface area contributed by atoms with E-state index in [-0.39, 0.29) is 18.1 Å². The van der Waals surface area contributed by atoms with Gasteiger partial charge in [-0.15, -0.1) is 5.10 Å². The van der Waals surface area contributed by atoms with Gasteiger partial charge in [-0.1, -0.05) is 48.6 Å². The van der Waals surface area contributed by atoms with Gasteiger partial charge in [-0.05, 0) is 12.0 Å². The molecule has 28 heavy (non-hydrogen) atoms. The van der Waals surface area contributed by atoms with Crippen LogP contribution in [0.4, 0.5) is 5.13 Å². The van der Waals surface area contributed by atoms with Crippen molar-refractivity contribution in [2.75, 3.05) is 24.7 Å². The molecule has 2 aromatic heterocycles. The number of aromatic nitrogens is 3. The third-order valence-corrected chi connectivity index (χ3v) is 5.58. The fourth-order valence-corrected chi connectivity index (χ4v) is 4.10. The normalized spacial score (nSPS) is 17.0. The van der Waals surface area contributed by atoms with Crippen LogP contribution in [0.15, 0.2) is 41.2 Å². The first-order chi connectivity index (χ1) is 13.7. The molecule has 146 valence electrons. The number of morpholine rings is 1. The van der Waals surface area contributed by atoms with Crippen LogP contribution in [-0.2, 0) is 22.5 Å². The first-order valence-electron chi connectivity index (χ1n) is 9.21. The van der Waals surface area contributed by atoms with Crippen LogP contribution in [0, 0.1) is 0 Å². The number of amides is 1. The van der Waals surface area contributed by atoms with Crippen LogP contribution < -0.4 is 15.8 Å². The van der Waals surface area contributed by atoms with Gasteiger partial charge in [0, 0.05) is 24.8 Å². The second-order valence-corrected chi connectivity index (χ2v) is 7.44. The van der Waals surface area contributed by atoms with Crippen LogP contribution in [0.5, 0.6) is 0 Å².